The Labute approximate surface area is 437 Å². The summed E-state index contributed by atoms with van der Waals surface area (Å²) in [4.78, 5) is 12.5. The number of carbonyl (C=O) groups excluding carboxylic acids is 1. The average molecular weight is 975 g/mol. The molecule has 0 fully saturated rings. The monoisotopic (exact) mass is 974 g/mol. The fourth-order valence-corrected chi connectivity index (χ4v) is 9.24. The van der Waals surface area contributed by atoms with Crippen LogP contribution in [0.3, 0.4) is 0 Å². The van der Waals surface area contributed by atoms with Crippen LogP contribution in [0.15, 0.2) is 85.1 Å². The molecule has 406 valence electrons. The quantitative estimate of drug-likeness (QED) is 0.0420. The molecule has 0 saturated heterocycles. The van der Waals surface area contributed by atoms with Crippen LogP contribution in [0.25, 0.3) is 0 Å². The number of allylic oxidation sites excluding steroid dienone is 13. The van der Waals surface area contributed by atoms with Gasteiger partial charge in [-0.3, -0.25) is 4.79 Å². The number of nitrogens with one attached hydrogen (secondary N) is 1. The molecule has 2 unspecified atom stereocenters. The van der Waals surface area contributed by atoms with Crippen molar-refractivity contribution in [2.75, 3.05) is 6.61 Å². The number of unbranched alkanes of at least 4 members (excludes halogenated alkanes) is 37. The van der Waals surface area contributed by atoms with Crippen molar-refractivity contribution in [3.05, 3.63) is 85.1 Å². The maximum atomic E-state index is 12.5. The van der Waals surface area contributed by atoms with E-state index in [4.69, 9.17) is 0 Å². The van der Waals surface area contributed by atoms with Gasteiger partial charge in [0.25, 0.3) is 0 Å². The van der Waals surface area contributed by atoms with E-state index in [9.17, 15) is 15.0 Å². The zero-order valence-electron chi connectivity index (χ0n) is 46.8. The van der Waals surface area contributed by atoms with E-state index in [1.54, 1.807) is 6.08 Å². The summed E-state index contributed by atoms with van der Waals surface area (Å²) >= 11 is 0. The molecular formula is C66H119NO3. The van der Waals surface area contributed by atoms with Gasteiger partial charge in [0.2, 0.25) is 5.91 Å². The molecule has 0 aliphatic heterocycles. The topological polar surface area (TPSA) is 69.6 Å². The second-order valence-electron chi connectivity index (χ2n) is 20.7. The first-order chi connectivity index (χ1) is 34.7. The van der Waals surface area contributed by atoms with Crippen LogP contribution >= 0.6 is 0 Å². The molecule has 0 rings (SSSR count). The lowest BCUT2D eigenvalue weighted by Gasteiger charge is -2.20. The lowest BCUT2D eigenvalue weighted by Crippen LogP contribution is -2.45. The molecule has 0 aromatic heterocycles. The molecule has 0 aromatic rings. The first-order valence-corrected chi connectivity index (χ1v) is 30.8. The summed E-state index contributed by atoms with van der Waals surface area (Å²) < 4.78 is 0. The highest BCUT2D eigenvalue weighted by molar-refractivity contribution is 5.76. The Hall–Kier alpha value is -2.43. The Bertz CT molecular complexity index is 1240. The van der Waals surface area contributed by atoms with E-state index in [1.165, 1.54) is 225 Å². The predicted octanol–water partition coefficient (Wildman–Crippen LogP) is 20.7. The van der Waals surface area contributed by atoms with Crippen molar-refractivity contribution in [1.82, 2.24) is 5.32 Å². The molecule has 0 aliphatic rings. The smallest absolute Gasteiger partial charge is 0.220 e. The summed E-state index contributed by atoms with van der Waals surface area (Å²) in [5.41, 5.74) is 0. The summed E-state index contributed by atoms with van der Waals surface area (Å²) in [7, 11) is 0. The van der Waals surface area contributed by atoms with E-state index in [2.05, 4.69) is 92.1 Å². The second-order valence-corrected chi connectivity index (χ2v) is 20.7. The van der Waals surface area contributed by atoms with Crippen LogP contribution in [0.5, 0.6) is 0 Å². The SMILES string of the molecule is CC/C=C\C/C=C\C/C=C\C/C=C\C/C=C\C/C=C\CCCCCCCCCCCCC(=O)NC(CO)C(O)/C=C/CCCCCCCCCCCCCCCCCCCCCCCCCCCCC. The third kappa shape index (κ3) is 56.5. The largest absolute Gasteiger partial charge is 0.394 e. The van der Waals surface area contributed by atoms with E-state index in [0.717, 1.165) is 64.2 Å². The van der Waals surface area contributed by atoms with Crippen molar-refractivity contribution >= 4 is 5.91 Å². The zero-order chi connectivity index (χ0) is 50.6. The Morgan fingerprint density at radius 3 is 0.943 bits per heavy atom. The Balaban J connectivity index is 3.52. The minimum atomic E-state index is -0.848. The lowest BCUT2D eigenvalue weighted by molar-refractivity contribution is -0.123. The van der Waals surface area contributed by atoms with Gasteiger partial charge in [0.15, 0.2) is 0 Å². The van der Waals surface area contributed by atoms with Crippen molar-refractivity contribution in [3.8, 4) is 0 Å². The Morgan fingerprint density at radius 1 is 0.357 bits per heavy atom. The first kappa shape index (κ1) is 67.6. The summed E-state index contributed by atoms with van der Waals surface area (Å²) in [6.45, 7) is 4.22. The van der Waals surface area contributed by atoms with Crippen molar-refractivity contribution in [3.63, 3.8) is 0 Å². The number of hydrogen-bond donors (Lipinski definition) is 3. The molecule has 2 atom stereocenters. The molecule has 4 heteroatoms. The van der Waals surface area contributed by atoms with Gasteiger partial charge in [-0.15, -0.1) is 0 Å². The van der Waals surface area contributed by atoms with Gasteiger partial charge in [-0.05, 0) is 70.6 Å². The summed E-state index contributed by atoms with van der Waals surface area (Å²) in [5.74, 6) is -0.0684. The molecule has 0 bridgehead atoms. The van der Waals surface area contributed by atoms with Crippen molar-refractivity contribution in [2.45, 2.75) is 321 Å². The van der Waals surface area contributed by atoms with Gasteiger partial charge in [0.05, 0.1) is 18.8 Å². The molecule has 0 saturated carbocycles. The highest BCUT2D eigenvalue weighted by Crippen LogP contribution is 2.17. The summed E-state index contributed by atoms with van der Waals surface area (Å²) in [5, 5.41) is 23.2. The highest BCUT2D eigenvalue weighted by Gasteiger charge is 2.18. The fraction of sp³-hybridized carbons (Fsp3) is 0.773. The molecular weight excluding hydrogens is 855 g/mol. The van der Waals surface area contributed by atoms with Crippen LogP contribution in [0, 0.1) is 0 Å². The van der Waals surface area contributed by atoms with Crippen molar-refractivity contribution in [2.24, 2.45) is 0 Å². The number of carbonyl (C=O) groups is 1. The van der Waals surface area contributed by atoms with Gasteiger partial charge in [-0.2, -0.15) is 0 Å². The highest BCUT2D eigenvalue weighted by atomic mass is 16.3. The van der Waals surface area contributed by atoms with Gasteiger partial charge in [-0.25, -0.2) is 0 Å². The maximum Gasteiger partial charge on any atom is 0.220 e. The van der Waals surface area contributed by atoms with Crippen LogP contribution in [0.4, 0.5) is 0 Å². The van der Waals surface area contributed by atoms with Gasteiger partial charge in [-0.1, -0.05) is 317 Å². The van der Waals surface area contributed by atoms with Crippen LogP contribution in [-0.2, 0) is 4.79 Å². The Morgan fingerprint density at radius 2 is 0.629 bits per heavy atom. The zero-order valence-corrected chi connectivity index (χ0v) is 46.8. The maximum absolute atomic E-state index is 12.5. The third-order valence-electron chi connectivity index (χ3n) is 13.9. The minimum absolute atomic E-state index is 0.0684. The van der Waals surface area contributed by atoms with Gasteiger partial charge >= 0.3 is 0 Å². The standard InChI is InChI=1S/C66H119NO3/c1-3-5-7-9-11-13-15-17-19-21-23-25-27-29-31-33-35-37-39-41-43-45-47-49-51-53-55-57-59-61-65(69)64(63-68)67-66(70)62-60-58-56-54-52-50-48-46-44-42-40-38-36-34-32-30-28-26-24-22-20-18-16-14-12-10-8-6-4-2/h6,8,12,14,18,20,24,26,30,32,36,38,59,61,64-65,68-69H,3-5,7,9-11,13,15-17,19,21-23,25,27-29,31,33-35,37,39-58,60,62-63H2,1-2H3,(H,67,70)/b8-6-,14-12-,20-18-,26-24-,32-30-,38-36-,61-59+. The van der Waals surface area contributed by atoms with E-state index < -0.39 is 12.1 Å². The number of rotatable bonds is 56. The van der Waals surface area contributed by atoms with E-state index >= 15 is 0 Å². The third-order valence-corrected chi connectivity index (χ3v) is 13.9. The molecule has 0 spiro atoms. The molecule has 0 aromatic carbocycles. The van der Waals surface area contributed by atoms with Crippen LogP contribution in [0.1, 0.15) is 309 Å². The molecule has 4 nitrogen and oxygen atoms in total. The normalized spacial score (nSPS) is 13.4. The van der Waals surface area contributed by atoms with Crippen molar-refractivity contribution in [1.29, 1.82) is 0 Å². The molecule has 1 amide bonds. The Kier molecular flexibility index (Phi) is 58.8. The molecule has 0 heterocycles. The van der Waals surface area contributed by atoms with Crippen molar-refractivity contribution < 1.29 is 15.0 Å². The lowest BCUT2D eigenvalue weighted by atomic mass is 10.0. The number of aliphatic hydroxyl groups excluding tert-OH is 2. The van der Waals surface area contributed by atoms with Crippen LogP contribution in [-0.4, -0.2) is 34.9 Å². The second kappa shape index (κ2) is 60.9. The number of amides is 1. The molecule has 0 aliphatic carbocycles. The first-order valence-electron chi connectivity index (χ1n) is 30.8. The number of hydrogen-bond acceptors (Lipinski definition) is 3. The van der Waals surface area contributed by atoms with E-state index in [0.29, 0.717) is 6.42 Å². The minimum Gasteiger partial charge on any atom is -0.394 e. The molecule has 0 radical (unpaired) electrons. The summed E-state index contributed by atoms with van der Waals surface area (Å²) in [6.07, 6.45) is 89.1. The van der Waals surface area contributed by atoms with Gasteiger partial charge in [0, 0.05) is 6.42 Å². The summed E-state index contributed by atoms with van der Waals surface area (Å²) in [6, 6.07) is -0.631. The fourth-order valence-electron chi connectivity index (χ4n) is 9.24. The molecule has 70 heavy (non-hydrogen) atoms. The van der Waals surface area contributed by atoms with E-state index in [-0.39, 0.29) is 12.5 Å². The average Bonchev–Trinajstić information content (AvgIpc) is 3.36. The van der Waals surface area contributed by atoms with Gasteiger partial charge in [0.1, 0.15) is 0 Å². The van der Waals surface area contributed by atoms with Crippen LogP contribution in [0.2, 0.25) is 0 Å². The van der Waals surface area contributed by atoms with Crippen LogP contribution < -0.4 is 5.32 Å². The molecule has 3 N–H and O–H groups in total. The predicted molar refractivity (Wildman–Crippen MR) is 313 cm³/mol. The van der Waals surface area contributed by atoms with Gasteiger partial charge < -0.3 is 15.5 Å². The number of aliphatic hydroxyl groups is 2. The van der Waals surface area contributed by atoms with E-state index in [1.807, 2.05) is 6.08 Å².